The molecule has 1 aliphatic heterocycles. The van der Waals surface area contributed by atoms with Crippen LogP contribution in [0.1, 0.15) is 27.7 Å². The Morgan fingerprint density at radius 3 is 1.74 bits per heavy atom. The number of aromatic nitrogens is 4. The van der Waals surface area contributed by atoms with E-state index in [2.05, 4.69) is 141 Å². The van der Waals surface area contributed by atoms with Crippen molar-refractivity contribution in [1.29, 1.82) is 0 Å². The number of benzene rings is 6. The Morgan fingerprint density at radius 1 is 0.480 bits per heavy atom. The van der Waals surface area contributed by atoms with Crippen LogP contribution >= 0.6 is 0 Å². The highest BCUT2D eigenvalue weighted by Gasteiger charge is 2.51. The molecule has 7 heteroatoms. The van der Waals surface area contributed by atoms with Gasteiger partial charge in [-0.25, -0.2) is 15.0 Å². The zero-order valence-electron chi connectivity index (χ0n) is 28.5. The standard InChI is InChI=1S/C43H35BN4O2/c1-42(2)43(3,4)50-44(49-42)33-23-20-29(21-24-33)39-45-40(31-19-18-28-12-8-9-13-30(28)26-31)47-41(46-39)32-22-25-38-36(27-32)35-16-10-11-17-37(35)48(38)34-14-6-5-7-15-34/h5-27H,1-4H3. The third kappa shape index (κ3) is 5.09. The van der Waals surface area contributed by atoms with Crippen LogP contribution in [-0.4, -0.2) is 37.8 Å². The van der Waals surface area contributed by atoms with Crippen molar-refractivity contribution in [3.05, 3.63) is 140 Å². The van der Waals surface area contributed by atoms with E-state index < -0.39 is 18.3 Å². The maximum absolute atomic E-state index is 6.32. The van der Waals surface area contributed by atoms with Gasteiger partial charge in [-0.05, 0) is 86.4 Å². The minimum absolute atomic E-state index is 0.414. The second-order valence-electron chi connectivity index (χ2n) is 14.0. The Bertz CT molecular complexity index is 2540. The summed E-state index contributed by atoms with van der Waals surface area (Å²) in [5.74, 6) is 1.84. The second-order valence-corrected chi connectivity index (χ2v) is 14.0. The molecular weight excluding hydrogens is 615 g/mol. The van der Waals surface area contributed by atoms with E-state index >= 15 is 0 Å². The van der Waals surface area contributed by atoms with Crippen LogP contribution in [0.3, 0.4) is 0 Å². The molecule has 2 aromatic heterocycles. The summed E-state index contributed by atoms with van der Waals surface area (Å²) in [7, 11) is -0.444. The third-order valence-electron chi connectivity index (χ3n) is 10.3. The second kappa shape index (κ2) is 11.5. The minimum atomic E-state index is -0.444. The predicted molar refractivity (Wildman–Crippen MR) is 204 cm³/mol. The van der Waals surface area contributed by atoms with Crippen LogP contribution < -0.4 is 5.46 Å². The summed E-state index contributed by atoms with van der Waals surface area (Å²) in [6.45, 7) is 8.27. The van der Waals surface area contributed by atoms with E-state index in [0.717, 1.165) is 49.6 Å². The lowest BCUT2D eigenvalue weighted by atomic mass is 9.79. The summed E-state index contributed by atoms with van der Waals surface area (Å²) in [5, 5.41) is 4.62. The van der Waals surface area contributed by atoms with Gasteiger partial charge in [-0.3, -0.25) is 0 Å². The molecule has 242 valence electrons. The van der Waals surface area contributed by atoms with Gasteiger partial charge in [-0.1, -0.05) is 97.1 Å². The highest BCUT2D eigenvalue weighted by molar-refractivity contribution is 6.62. The maximum atomic E-state index is 6.32. The fraction of sp³-hybridized carbons (Fsp3) is 0.140. The van der Waals surface area contributed by atoms with Crippen LogP contribution in [0.2, 0.25) is 0 Å². The molecule has 1 aliphatic rings. The van der Waals surface area contributed by atoms with E-state index in [-0.39, 0.29) is 0 Å². The molecule has 0 radical (unpaired) electrons. The van der Waals surface area contributed by atoms with Gasteiger partial charge in [0.05, 0.1) is 22.2 Å². The molecule has 0 atom stereocenters. The van der Waals surface area contributed by atoms with Gasteiger partial charge in [0, 0.05) is 33.2 Å². The molecule has 1 fully saturated rings. The molecule has 0 spiro atoms. The maximum Gasteiger partial charge on any atom is 0.494 e. The smallest absolute Gasteiger partial charge is 0.399 e. The monoisotopic (exact) mass is 650 g/mol. The Balaban J connectivity index is 1.18. The SMILES string of the molecule is CC1(C)OB(c2ccc(-c3nc(-c4ccc5ccccc5c4)nc(-c4ccc5c(c4)c4ccccc4n5-c4ccccc4)n3)cc2)OC1(C)C. The first-order valence-electron chi connectivity index (χ1n) is 17.0. The van der Waals surface area contributed by atoms with Crippen LogP contribution in [-0.2, 0) is 9.31 Å². The number of hydrogen-bond acceptors (Lipinski definition) is 5. The summed E-state index contributed by atoms with van der Waals surface area (Å²) in [6, 6.07) is 48.4. The molecule has 0 bridgehead atoms. The van der Waals surface area contributed by atoms with Gasteiger partial charge in [0.1, 0.15) is 0 Å². The summed E-state index contributed by atoms with van der Waals surface area (Å²) in [6.07, 6.45) is 0. The van der Waals surface area contributed by atoms with Gasteiger partial charge in [-0.2, -0.15) is 0 Å². The molecule has 0 saturated carbocycles. The molecular formula is C43H35BN4O2. The summed E-state index contributed by atoms with van der Waals surface area (Å²) < 4.78 is 14.9. The van der Waals surface area contributed by atoms with Gasteiger partial charge in [-0.15, -0.1) is 0 Å². The highest BCUT2D eigenvalue weighted by Crippen LogP contribution is 2.37. The Morgan fingerprint density at radius 2 is 1.02 bits per heavy atom. The van der Waals surface area contributed by atoms with Gasteiger partial charge in [0.2, 0.25) is 0 Å². The van der Waals surface area contributed by atoms with E-state index in [0.29, 0.717) is 17.5 Å². The van der Waals surface area contributed by atoms with Crippen molar-refractivity contribution in [3.63, 3.8) is 0 Å². The summed E-state index contributed by atoms with van der Waals surface area (Å²) in [4.78, 5) is 15.2. The number of nitrogens with zero attached hydrogens (tertiary/aromatic N) is 4. The lowest BCUT2D eigenvalue weighted by Gasteiger charge is -2.32. The Labute approximate surface area is 291 Å². The molecule has 0 amide bonds. The Hall–Kier alpha value is -5.63. The molecule has 0 N–H and O–H groups in total. The van der Waals surface area contributed by atoms with Crippen LogP contribution in [0, 0.1) is 0 Å². The van der Waals surface area contributed by atoms with E-state index in [1.54, 1.807) is 0 Å². The normalized spacial score (nSPS) is 15.3. The minimum Gasteiger partial charge on any atom is -0.399 e. The number of para-hydroxylation sites is 2. The lowest BCUT2D eigenvalue weighted by Crippen LogP contribution is -2.41. The van der Waals surface area contributed by atoms with E-state index in [1.165, 1.54) is 10.8 Å². The first kappa shape index (κ1) is 30.4. The number of fused-ring (bicyclic) bond motifs is 4. The number of rotatable bonds is 5. The molecule has 9 rings (SSSR count). The number of hydrogen-bond donors (Lipinski definition) is 0. The molecule has 1 saturated heterocycles. The predicted octanol–water partition coefficient (Wildman–Crippen LogP) is 9.42. The fourth-order valence-electron chi connectivity index (χ4n) is 6.83. The van der Waals surface area contributed by atoms with Gasteiger partial charge < -0.3 is 13.9 Å². The average Bonchev–Trinajstić information content (AvgIpc) is 3.59. The molecule has 3 heterocycles. The molecule has 0 aliphatic carbocycles. The van der Waals surface area contributed by atoms with Gasteiger partial charge in [0.15, 0.2) is 17.5 Å². The molecule has 0 unspecified atom stereocenters. The van der Waals surface area contributed by atoms with Crippen molar-refractivity contribution in [2.45, 2.75) is 38.9 Å². The summed E-state index contributed by atoms with van der Waals surface area (Å²) in [5.41, 5.74) is 6.28. The topological polar surface area (TPSA) is 62.1 Å². The van der Waals surface area contributed by atoms with E-state index in [1.807, 2.05) is 30.3 Å². The average molecular weight is 651 g/mol. The van der Waals surface area contributed by atoms with Crippen LogP contribution in [0.15, 0.2) is 140 Å². The van der Waals surface area contributed by atoms with Crippen LogP contribution in [0.5, 0.6) is 0 Å². The van der Waals surface area contributed by atoms with Gasteiger partial charge in [0.25, 0.3) is 0 Å². The fourth-order valence-corrected chi connectivity index (χ4v) is 6.83. The Kier molecular flexibility index (Phi) is 6.99. The quantitative estimate of drug-likeness (QED) is 0.174. The third-order valence-corrected chi connectivity index (χ3v) is 10.3. The van der Waals surface area contributed by atoms with Crippen molar-refractivity contribution in [1.82, 2.24) is 19.5 Å². The molecule has 6 nitrogen and oxygen atoms in total. The van der Waals surface area contributed by atoms with Crippen LogP contribution in [0.25, 0.3) is 72.4 Å². The van der Waals surface area contributed by atoms with Crippen molar-refractivity contribution >= 4 is 45.2 Å². The van der Waals surface area contributed by atoms with Crippen molar-refractivity contribution in [2.75, 3.05) is 0 Å². The molecule has 50 heavy (non-hydrogen) atoms. The molecule has 8 aromatic rings. The van der Waals surface area contributed by atoms with Gasteiger partial charge >= 0.3 is 7.12 Å². The first-order chi connectivity index (χ1) is 24.2. The largest absolute Gasteiger partial charge is 0.494 e. The highest BCUT2D eigenvalue weighted by atomic mass is 16.7. The molecule has 6 aromatic carbocycles. The van der Waals surface area contributed by atoms with Crippen molar-refractivity contribution < 1.29 is 9.31 Å². The zero-order valence-corrected chi connectivity index (χ0v) is 28.5. The van der Waals surface area contributed by atoms with E-state index in [9.17, 15) is 0 Å². The lowest BCUT2D eigenvalue weighted by molar-refractivity contribution is 0.00578. The van der Waals surface area contributed by atoms with E-state index in [4.69, 9.17) is 24.3 Å². The van der Waals surface area contributed by atoms with Crippen molar-refractivity contribution in [2.24, 2.45) is 0 Å². The summed E-state index contributed by atoms with van der Waals surface area (Å²) >= 11 is 0. The van der Waals surface area contributed by atoms with Crippen molar-refractivity contribution in [3.8, 4) is 39.9 Å². The first-order valence-corrected chi connectivity index (χ1v) is 17.0. The van der Waals surface area contributed by atoms with Crippen LogP contribution in [0.4, 0.5) is 0 Å². The zero-order chi connectivity index (χ0) is 34.0.